The number of hydrogen-bond acceptors (Lipinski definition) is 6. The Kier molecular flexibility index (Phi) is 6.88. The molecular formula is C24H20BrClN2O4S. The molecule has 2 aromatic carbocycles. The average Bonchev–Trinajstić information content (AvgIpc) is 3.09. The lowest BCUT2D eigenvalue weighted by molar-refractivity contribution is -0.139. The summed E-state index contributed by atoms with van der Waals surface area (Å²) in [7, 11) is 1.58. The fourth-order valence-corrected chi connectivity index (χ4v) is 5.48. The molecular weight excluding hydrogens is 528 g/mol. The van der Waals surface area contributed by atoms with Gasteiger partial charge < -0.3 is 9.47 Å². The van der Waals surface area contributed by atoms with Crippen molar-refractivity contribution in [2.24, 2.45) is 4.99 Å². The predicted molar refractivity (Wildman–Crippen MR) is 133 cm³/mol. The lowest BCUT2D eigenvalue weighted by Gasteiger charge is -2.25. The Morgan fingerprint density at radius 2 is 2.06 bits per heavy atom. The molecule has 0 bridgehead atoms. The molecule has 1 aliphatic rings. The number of hydrogen-bond donors (Lipinski definition) is 0. The van der Waals surface area contributed by atoms with Crippen LogP contribution in [0.4, 0.5) is 0 Å². The highest BCUT2D eigenvalue weighted by atomic mass is 79.9. The maximum absolute atomic E-state index is 13.6. The third-order valence-corrected chi connectivity index (χ3v) is 7.15. The predicted octanol–water partition coefficient (Wildman–Crippen LogP) is 4.22. The Morgan fingerprint density at radius 3 is 2.73 bits per heavy atom. The Hall–Kier alpha value is -2.68. The average molecular weight is 548 g/mol. The largest absolute Gasteiger partial charge is 0.496 e. The molecule has 0 N–H and O–H groups in total. The van der Waals surface area contributed by atoms with Gasteiger partial charge in [-0.15, -0.1) is 0 Å². The summed E-state index contributed by atoms with van der Waals surface area (Å²) in [5.41, 5.74) is 2.03. The number of fused-ring (bicyclic) bond motifs is 1. The maximum Gasteiger partial charge on any atom is 0.338 e. The van der Waals surface area contributed by atoms with Crippen LogP contribution in [0.5, 0.6) is 5.75 Å². The zero-order valence-electron chi connectivity index (χ0n) is 18.1. The number of carbonyl (C=O) groups is 1. The number of aromatic nitrogens is 1. The summed E-state index contributed by atoms with van der Waals surface area (Å²) in [6, 6.07) is 12.1. The Morgan fingerprint density at radius 1 is 1.30 bits per heavy atom. The number of allylic oxidation sites excluding steroid dienone is 1. The van der Waals surface area contributed by atoms with Crippen LogP contribution in [-0.4, -0.2) is 24.3 Å². The number of rotatable bonds is 5. The van der Waals surface area contributed by atoms with E-state index >= 15 is 0 Å². The van der Waals surface area contributed by atoms with Crippen molar-refractivity contribution in [3.05, 3.63) is 94.0 Å². The Balaban J connectivity index is 1.98. The van der Waals surface area contributed by atoms with Crippen molar-refractivity contribution in [1.29, 1.82) is 0 Å². The van der Waals surface area contributed by atoms with E-state index in [1.54, 1.807) is 43.7 Å². The topological polar surface area (TPSA) is 69.9 Å². The minimum atomic E-state index is -0.698. The summed E-state index contributed by atoms with van der Waals surface area (Å²) in [6.45, 7) is 3.71. The second kappa shape index (κ2) is 9.67. The van der Waals surface area contributed by atoms with E-state index in [0.717, 1.165) is 11.1 Å². The van der Waals surface area contributed by atoms with Crippen LogP contribution in [0.3, 0.4) is 0 Å². The summed E-state index contributed by atoms with van der Waals surface area (Å²) in [4.78, 5) is 31.6. The zero-order chi connectivity index (χ0) is 23.7. The second-order valence-electron chi connectivity index (χ2n) is 7.22. The van der Waals surface area contributed by atoms with Gasteiger partial charge in [-0.1, -0.05) is 47.2 Å². The van der Waals surface area contributed by atoms with Gasteiger partial charge in [0.1, 0.15) is 5.75 Å². The minimum Gasteiger partial charge on any atom is -0.496 e. The van der Waals surface area contributed by atoms with Gasteiger partial charge in [-0.2, -0.15) is 0 Å². The van der Waals surface area contributed by atoms with Gasteiger partial charge in [0.15, 0.2) is 4.80 Å². The molecule has 2 heterocycles. The molecule has 1 atom stereocenters. The summed E-state index contributed by atoms with van der Waals surface area (Å²) in [5, 5.41) is 0.544. The first-order valence-corrected chi connectivity index (χ1v) is 12.1. The first-order chi connectivity index (χ1) is 15.8. The molecule has 0 saturated carbocycles. The number of methoxy groups -OCH3 is 1. The van der Waals surface area contributed by atoms with Crippen LogP contribution < -0.4 is 19.6 Å². The molecule has 3 aromatic rings. The molecule has 9 heteroatoms. The van der Waals surface area contributed by atoms with E-state index in [4.69, 9.17) is 21.1 Å². The van der Waals surface area contributed by atoms with E-state index in [0.29, 0.717) is 35.8 Å². The fourth-order valence-electron chi connectivity index (χ4n) is 3.69. The number of benzene rings is 2. The number of ether oxygens (including phenoxy) is 2. The molecule has 6 nitrogen and oxygen atoms in total. The molecule has 0 amide bonds. The molecule has 0 unspecified atom stereocenters. The molecule has 4 rings (SSSR count). The highest BCUT2D eigenvalue weighted by Gasteiger charge is 2.33. The van der Waals surface area contributed by atoms with Crippen molar-refractivity contribution in [2.45, 2.75) is 19.9 Å². The van der Waals surface area contributed by atoms with Crippen LogP contribution in [0.1, 0.15) is 31.0 Å². The van der Waals surface area contributed by atoms with Crippen LogP contribution >= 0.6 is 38.9 Å². The fraction of sp³-hybridized carbons (Fsp3) is 0.208. The van der Waals surface area contributed by atoms with Gasteiger partial charge in [-0.05, 0) is 65.2 Å². The Bertz CT molecular complexity index is 1460. The van der Waals surface area contributed by atoms with Crippen molar-refractivity contribution in [1.82, 2.24) is 4.57 Å². The lowest BCUT2D eigenvalue weighted by Crippen LogP contribution is -2.40. The van der Waals surface area contributed by atoms with Crippen molar-refractivity contribution >= 4 is 50.9 Å². The maximum atomic E-state index is 13.6. The number of carbonyl (C=O) groups excluding carboxylic acids is 1. The number of thiazole rings is 1. The molecule has 1 aliphatic heterocycles. The van der Waals surface area contributed by atoms with Gasteiger partial charge in [0.05, 0.1) is 40.0 Å². The van der Waals surface area contributed by atoms with Gasteiger partial charge in [-0.25, -0.2) is 9.79 Å². The van der Waals surface area contributed by atoms with Crippen LogP contribution in [0.15, 0.2) is 68.0 Å². The molecule has 0 fully saturated rings. The van der Waals surface area contributed by atoms with Crippen LogP contribution in [-0.2, 0) is 9.53 Å². The van der Waals surface area contributed by atoms with E-state index in [2.05, 4.69) is 20.9 Å². The Labute approximate surface area is 207 Å². The molecule has 0 radical (unpaired) electrons. The second-order valence-corrected chi connectivity index (χ2v) is 9.49. The third kappa shape index (κ3) is 4.43. The van der Waals surface area contributed by atoms with Gasteiger partial charge in [0.2, 0.25) is 0 Å². The van der Waals surface area contributed by atoms with Crippen molar-refractivity contribution < 1.29 is 14.3 Å². The summed E-state index contributed by atoms with van der Waals surface area (Å²) in [5.74, 6) is 0.138. The van der Waals surface area contributed by atoms with Crippen LogP contribution in [0.2, 0.25) is 5.02 Å². The first-order valence-electron chi connectivity index (χ1n) is 10.1. The van der Waals surface area contributed by atoms with Crippen LogP contribution in [0, 0.1) is 0 Å². The molecule has 33 heavy (non-hydrogen) atoms. The minimum absolute atomic E-state index is 0.214. The third-order valence-electron chi connectivity index (χ3n) is 5.20. The highest BCUT2D eigenvalue weighted by Crippen LogP contribution is 2.35. The highest BCUT2D eigenvalue weighted by molar-refractivity contribution is 9.10. The van der Waals surface area contributed by atoms with Gasteiger partial charge in [-0.3, -0.25) is 9.36 Å². The molecule has 0 spiro atoms. The standard InChI is InChI=1S/C24H20BrClN2O4S/c1-4-32-23(30)20-13(2)27-24-28(21(20)15-9-10-18(31-3)16(25)11-15)22(29)19(33-24)12-14-7-5-6-8-17(14)26/h5-12,21H,4H2,1-3H3/b19-12-/t21-/m1/s1. The quantitative estimate of drug-likeness (QED) is 0.449. The molecule has 1 aromatic heterocycles. The van der Waals surface area contributed by atoms with Crippen molar-refractivity contribution in [2.75, 3.05) is 13.7 Å². The summed E-state index contributed by atoms with van der Waals surface area (Å²) >= 11 is 11.1. The van der Waals surface area contributed by atoms with E-state index < -0.39 is 12.0 Å². The van der Waals surface area contributed by atoms with E-state index in [-0.39, 0.29) is 12.2 Å². The van der Waals surface area contributed by atoms with E-state index in [1.807, 2.05) is 30.3 Å². The van der Waals surface area contributed by atoms with Crippen molar-refractivity contribution in [3.63, 3.8) is 0 Å². The van der Waals surface area contributed by atoms with Gasteiger partial charge in [0, 0.05) is 5.02 Å². The number of esters is 1. The first kappa shape index (κ1) is 23.5. The van der Waals surface area contributed by atoms with E-state index in [9.17, 15) is 9.59 Å². The number of nitrogens with zero attached hydrogens (tertiary/aromatic N) is 2. The lowest BCUT2D eigenvalue weighted by atomic mass is 9.96. The SMILES string of the molecule is CCOC(=O)C1=C(C)N=c2s/c(=C\c3ccccc3Cl)c(=O)n2[C@@H]1c1ccc(OC)c(Br)c1. The van der Waals surface area contributed by atoms with E-state index in [1.165, 1.54) is 11.3 Å². The molecule has 170 valence electrons. The van der Waals surface area contributed by atoms with Gasteiger partial charge >= 0.3 is 5.97 Å². The summed E-state index contributed by atoms with van der Waals surface area (Å²) < 4.78 is 13.4. The van der Waals surface area contributed by atoms with Crippen LogP contribution in [0.25, 0.3) is 6.08 Å². The zero-order valence-corrected chi connectivity index (χ0v) is 21.3. The molecule has 0 aliphatic carbocycles. The molecule has 0 saturated heterocycles. The monoisotopic (exact) mass is 546 g/mol. The normalized spacial score (nSPS) is 15.8. The number of halogens is 2. The van der Waals surface area contributed by atoms with Crippen molar-refractivity contribution in [3.8, 4) is 5.75 Å². The van der Waals surface area contributed by atoms with Gasteiger partial charge in [0.25, 0.3) is 5.56 Å². The summed E-state index contributed by atoms with van der Waals surface area (Å²) in [6.07, 6.45) is 1.75. The smallest absolute Gasteiger partial charge is 0.338 e.